The van der Waals surface area contributed by atoms with Gasteiger partial charge in [0.05, 0.1) is 11.9 Å². The van der Waals surface area contributed by atoms with Crippen molar-refractivity contribution in [3.8, 4) is 5.69 Å². The lowest BCUT2D eigenvalue weighted by Gasteiger charge is -2.30. The summed E-state index contributed by atoms with van der Waals surface area (Å²) in [6.45, 7) is 3.98. The van der Waals surface area contributed by atoms with Crippen LogP contribution in [0.4, 0.5) is 5.69 Å². The lowest BCUT2D eigenvalue weighted by Crippen LogP contribution is -2.49. The number of rotatable bonds is 8. The summed E-state index contributed by atoms with van der Waals surface area (Å²) in [6.07, 6.45) is 5.01. The highest BCUT2D eigenvalue weighted by Crippen LogP contribution is 2.25. The zero-order valence-corrected chi connectivity index (χ0v) is 19.2. The fraction of sp³-hybridized carbons (Fsp3) is 0.273. The Balaban J connectivity index is 1.75. The Kier molecular flexibility index (Phi) is 7.02. The van der Waals surface area contributed by atoms with Gasteiger partial charge in [0, 0.05) is 29.6 Å². The highest BCUT2D eigenvalue weighted by Gasteiger charge is 2.31. The van der Waals surface area contributed by atoms with E-state index in [2.05, 4.69) is 10.3 Å². The molecule has 0 unspecified atom stereocenters. The Morgan fingerprint density at radius 3 is 2.48 bits per heavy atom. The molecule has 0 aliphatic rings. The van der Waals surface area contributed by atoms with Crippen molar-refractivity contribution in [1.82, 2.24) is 14.9 Å². The summed E-state index contributed by atoms with van der Waals surface area (Å²) in [5.74, 6) is 0.510. The minimum atomic E-state index is -3.70. The number of nitrogens with one attached hydrogen (secondary N) is 1. The number of carbonyl (C=O) groups excluding carboxylic acids is 1. The Labute approximate surface area is 187 Å². The van der Waals surface area contributed by atoms with Crippen molar-refractivity contribution in [1.29, 1.82) is 0 Å². The van der Waals surface area contributed by atoms with E-state index >= 15 is 0 Å². The minimum absolute atomic E-state index is 0.283. The third-order valence-corrected chi connectivity index (χ3v) is 6.31. The van der Waals surface area contributed by atoms with Gasteiger partial charge in [0.25, 0.3) is 0 Å². The number of carbonyl (C=O) groups is 1. The average molecular weight is 461 g/mol. The molecule has 1 N–H and O–H groups in total. The van der Waals surface area contributed by atoms with E-state index in [9.17, 15) is 13.2 Å². The molecule has 7 nitrogen and oxygen atoms in total. The summed E-state index contributed by atoms with van der Waals surface area (Å²) in [7, 11) is -3.70. The summed E-state index contributed by atoms with van der Waals surface area (Å²) in [5.41, 5.74) is 2.23. The van der Waals surface area contributed by atoms with Crippen LogP contribution in [-0.4, -0.2) is 36.2 Å². The van der Waals surface area contributed by atoms with Gasteiger partial charge in [-0.05, 0) is 49.2 Å². The van der Waals surface area contributed by atoms with Gasteiger partial charge in [-0.25, -0.2) is 13.4 Å². The maximum Gasteiger partial charge on any atom is 0.244 e. The fourth-order valence-corrected chi connectivity index (χ4v) is 4.79. The second-order valence-electron chi connectivity index (χ2n) is 7.19. The first-order valence-electron chi connectivity index (χ1n) is 9.82. The minimum Gasteiger partial charge on any atom is -0.350 e. The molecule has 0 aliphatic heterocycles. The molecular weight excluding hydrogens is 436 g/mol. The molecule has 31 heavy (non-hydrogen) atoms. The van der Waals surface area contributed by atoms with Crippen LogP contribution in [0.1, 0.15) is 24.7 Å². The molecule has 9 heteroatoms. The van der Waals surface area contributed by atoms with Gasteiger partial charge in [-0.15, -0.1) is 0 Å². The number of hydrogen-bond acceptors (Lipinski definition) is 4. The molecular formula is C22H25ClN4O3S. The predicted molar refractivity (Wildman–Crippen MR) is 123 cm³/mol. The summed E-state index contributed by atoms with van der Waals surface area (Å²) in [6, 6.07) is 13.3. The molecule has 0 fully saturated rings. The van der Waals surface area contributed by atoms with E-state index in [0.717, 1.165) is 27.6 Å². The number of imidazole rings is 1. The third-order valence-electron chi connectivity index (χ3n) is 4.90. The topological polar surface area (TPSA) is 84.3 Å². The first-order valence-corrected chi connectivity index (χ1v) is 12.0. The Hall–Kier alpha value is -2.84. The SMILES string of the molecule is CC[C@H](C(=O)NCc1ccc(-n2ccnc2C)cc1)N(c1cccc(Cl)c1)S(C)(=O)=O. The number of hydrogen-bond donors (Lipinski definition) is 1. The third kappa shape index (κ3) is 5.45. The number of anilines is 1. The smallest absolute Gasteiger partial charge is 0.244 e. The molecule has 1 aromatic heterocycles. The number of sulfonamides is 1. The first-order chi connectivity index (χ1) is 14.7. The maximum absolute atomic E-state index is 12.9. The molecule has 164 valence electrons. The normalized spacial score (nSPS) is 12.4. The molecule has 0 spiro atoms. The largest absolute Gasteiger partial charge is 0.350 e. The van der Waals surface area contributed by atoms with Crippen LogP contribution in [0.2, 0.25) is 5.02 Å². The van der Waals surface area contributed by atoms with Gasteiger partial charge in [0.2, 0.25) is 15.9 Å². The van der Waals surface area contributed by atoms with Crippen molar-refractivity contribution in [2.24, 2.45) is 0 Å². The van der Waals surface area contributed by atoms with Crippen LogP contribution in [0.3, 0.4) is 0 Å². The summed E-state index contributed by atoms with van der Waals surface area (Å²) >= 11 is 6.04. The van der Waals surface area contributed by atoms with Gasteiger partial charge in [-0.3, -0.25) is 9.10 Å². The van der Waals surface area contributed by atoms with E-state index in [-0.39, 0.29) is 12.5 Å². The van der Waals surface area contributed by atoms with Crippen LogP contribution in [0.5, 0.6) is 0 Å². The molecule has 2 aromatic carbocycles. The molecule has 3 rings (SSSR count). The molecule has 1 heterocycles. The molecule has 0 saturated heterocycles. The Bertz CT molecular complexity index is 1160. The highest BCUT2D eigenvalue weighted by atomic mass is 35.5. The van der Waals surface area contributed by atoms with Crippen molar-refractivity contribution in [3.63, 3.8) is 0 Å². The van der Waals surface area contributed by atoms with E-state index in [1.54, 1.807) is 31.3 Å². The van der Waals surface area contributed by atoms with Gasteiger partial charge in [0.1, 0.15) is 11.9 Å². The quantitative estimate of drug-likeness (QED) is 0.555. The Morgan fingerprint density at radius 1 is 1.23 bits per heavy atom. The van der Waals surface area contributed by atoms with Crippen molar-refractivity contribution in [2.75, 3.05) is 10.6 Å². The van der Waals surface area contributed by atoms with E-state index in [1.165, 1.54) is 6.07 Å². The molecule has 3 aromatic rings. The number of amides is 1. The molecule has 0 radical (unpaired) electrons. The number of aromatic nitrogens is 2. The summed E-state index contributed by atoms with van der Waals surface area (Å²) < 4.78 is 28.1. The Morgan fingerprint density at radius 2 is 1.94 bits per heavy atom. The second-order valence-corrected chi connectivity index (χ2v) is 9.49. The van der Waals surface area contributed by atoms with Crippen LogP contribution in [0.25, 0.3) is 5.69 Å². The van der Waals surface area contributed by atoms with E-state index < -0.39 is 16.1 Å². The lowest BCUT2D eigenvalue weighted by atomic mass is 10.1. The number of aryl methyl sites for hydroxylation is 1. The zero-order chi connectivity index (χ0) is 22.6. The zero-order valence-electron chi connectivity index (χ0n) is 17.6. The first kappa shape index (κ1) is 22.8. The van der Waals surface area contributed by atoms with Crippen LogP contribution in [0.15, 0.2) is 60.9 Å². The average Bonchev–Trinajstić information content (AvgIpc) is 3.15. The molecule has 1 atom stereocenters. The van der Waals surface area contributed by atoms with Gasteiger partial charge in [-0.2, -0.15) is 0 Å². The van der Waals surface area contributed by atoms with Crippen LogP contribution < -0.4 is 9.62 Å². The van der Waals surface area contributed by atoms with Gasteiger partial charge in [0.15, 0.2) is 0 Å². The standard InChI is InChI=1S/C22H25ClN4O3S/c1-4-21(27(31(3,29)30)20-7-5-6-18(23)14-20)22(28)25-15-17-8-10-19(11-9-17)26-13-12-24-16(26)2/h5-14,21H,4,15H2,1-3H3,(H,25,28)/t21-/m1/s1. The second kappa shape index (κ2) is 9.53. The molecule has 0 saturated carbocycles. The van der Waals surface area contributed by atoms with Gasteiger partial charge in [-0.1, -0.05) is 36.7 Å². The van der Waals surface area contributed by atoms with Crippen molar-refractivity contribution >= 4 is 33.2 Å². The number of halogens is 1. The highest BCUT2D eigenvalue weighted by molar-refractivity contribution is 7.92. The van der Waals surface area contributed by atoms with Crippen LogP contribution in [-0.2, 0) is 21.4 Å². The van der Waals surface area contributed by atoms with E-state index in [1.807, 2.05) is 42.0 Å². The van der Waals surface area contributed by atoms with E-state index in [0.29, 0.717) is 17.1 Å². The van der Waals surface area contributed by atoms with Crippen molar-refractivity contribution in [2.45, 2.75) is 32.9 Å². The number of benzene rings is 2. The number of nitrogens with zero attached hydrogens (tertiary/aromatic N) is 3. The van der Waals surface area contributed by atoms with E-state index in [4.69, 9.17) is 11.6 Å². The summed E-state index contributed by atoms with van der Waals surface area (Å²) in [5, 5.41) is 3.25. The van der Waals surface area contributed by atoms with Crippen LogP contribution >= 0.6 is 11.6 Å². The van der Waals surface area contributed by atoms with Crippen molar-refractivity contribution in [3.05, 3.63) is 77.3 Å². The maximum atomic E-state index is 12.9. The van der Waals surface area contributed by atoms with Crippen molar-refractivity contribution < 1.29 is 13.2 Å². The van der Waals surface area contributed by atoms with Gasteiger partial charge < -0.3 is 9.88 Å². The summed E-state index contributed by atoms with van der Waals surface area (Å²) in [4.78, 5) is 17.1. The molecule has 1 amide bonds. The monoisotopic (exact) mass is 460 g/mol. The predicted octanol–water partition coefficient (Wildman–Crippen LogP) is 3.70. The van der Waals surface area contributed by atoms with Crippen LogP contribution in [0, 0.1) is 6.92 Å². The molecule has 0 aliphatic carbocycles. The lowest BCUT2D eigenvalue weighted by molar-refractivity contribution is -0.122. The molecule has 0 bridgehead atoms. The fourth-order valence-electron chi connectivity index (χ4n) is 3.41. The van der Waals surface area contributed by atoms with Gasteiger partial charge >= 0.3 is 0 Å².